The van der Waals surface area contributed by atoms with Gasteiger partial charge in [-0.1, -0.05) is 29.5 Å². The van der Waals surface area contributed by atoms with Crippen molar-refractivity contribution >= 4 is 33.3 Å². The highest BCUT2D eigenvalue weighted by atomic mass is 32.1. The normalized spacial score (nSPS) is 18.3. The van der Waals surface area contributed by atoms with Gasteiger partial charge in [0.15, 0.2) is 11.5 Å². The lowest BCUT2D eigenvalue weighted by Crippen LogP contribution is -2.24. The Morgan fingerprint density at radius 3 is 2.79 bits per heavy atom. The van der Waals surface area contributed by atoms with Gasteiger partial charge in [-0.25, -0.2) is 4.98 Å². The number of amides is 1. The van der Waals surface area contributed by atoms with Crippen LogP contribution in [0.5, 0.6) is 11.5 Å². The van der Waals surface area contributed by atoms with Crippen LogP contribution in [0.4, 0.5) is 5.82 Å². The number of carbonyl (C=O) groups is 1. The minimum absolute atomic E-state index is 0.0376. The minimum atomic E-state index is -0.117. The molecule has 168 valence electrons. The van der Waals surface area contributed by atoms with Crippen molar-refractivity contribution in [3.8, 4) is 16.6 Å². The number of anilines is 1. The highest BCUT2D eigenvalue weighted by Gasteiger charge is 2.32. The lowest BCUT2D eigenvalue weighted by molar-refractivity contribution is -0.116. The van der Waals surface area contributed by atoms with Gasteiger partial charge in [-0.2, -0.15) is 9.78 Å². The molecule has 3 heterocycles. The summed E-state index contributed by atoms with van der Waals surface area (Å²) in [4.78, 5) is 17.4. The molecule has 6 rings (SSSR count). The monoisotopic (exact) mass is 460 g/mol. The number of nitrogens with zero attached hydrogens (tertiary/aromatic N) is 3. The number of benzene rings is 2. The van der Waals surface area contributed by atoms with E-state index in [1.165, 1.54) is 12.8 Å². The van der Waals surface area contributed by atoms with Crippen LogP contribution >= 0.6 is 11.3 Å². The van der Waals surface area contributed by atoms with Gasteiger partial charge < -0.3 is 14.8 Å². The Kier molecular flexibility index (Phi) is 5.02. The van der Waals surface area contributed by atoms with E-state index in [2.05, 4.69) is 10.4 Å². The number of fused-ring (bicyclic) bond motifs is 2. The molecule has 7 nitrogen and oxygen atoms in total. The molecule has 2 aromatic carbocycles. The molecule has 0 bridgehead atoms. The second-order valence-corrected chi connectivity index (χ2v) is 9.57. The van der Waals surface area contributed by atoms with E-state index in [1.807, 2.05) is 48.7 Å². The van der Waals surface area contributed by atoms with Gasteiger partial charge >= 0.3 is 0 Å². The van der Waals surface area contributed by atoms with Gasteiger partial charge in [0, 0.05) is 17.9 Å². The molecule has 1 N–H and O–H groups in total. The van der Waals surface area contributed by atoms with Gasteiger partial charge in [0.05, 0.1) is 29.6 Å². The molecule has 1 aliphatic carbocycles. The van der Waals surface area contributed by atoms with Crippen molar-refractivity contribution in [3.05, 3.63) is 59.8 Å². The van der Waals surface area contributed by atoms with Gasteiger partial charge in [0.25, 0.3) is 0 Å². The maximum absolute atomic E-state index is 12.7. The Balaban J connectivity index is 1.38. The summed E-state index contributed by atoms with van der Waals surface area (Å²) < 4.78 is 14.7. The Morgan fingerprint density at radius 1 is 1.12 bits per heavy atom. The average Bonchev–Trinajstić information content (AvgIpc) is 3.57. The molecule has 4 aromatic rings. The highest BCUT2D eigenvalue weighted by Crippen LogP contribution is 2.42. The molecule has 0 unspecified atom stereocenters. The third-order valence-electron chi connectivity index (χ3n) is 6.47. The van der Waals surface area contributed by atoms with Crippen LogP contribution in [0.3, 0.4) is 0 Å². The highest BCUT2D eigenvalue weighted by molar-refractivity contribution is 7.20. The van der Waals surface area contributed by atoms with Crippen molar-refractivity contribution in [1.82, 2.24) is 14.8 Å². The SMILES string of the molecule is COc1ccc([C@@H]2CC(=O)Nc3c2cnn3-c2nc3ccccc3s2)cc1OC1CCCC1. The van der Waals surface area contributed by atoms with E-state index in [0.29, 0.717) is 12.2 Å². The maximum atomic E-state index is 12.7. The Bertz CT molecular complexity index is 1310. The number of rotatable bonds is 5. The van der Waals surface area contributed by atoms with E-state index in [0.717, 1.165) is 50.8 Å². The maximum Gasteiger partial charge on any atom is 0.226 e. The van der Waals surface area contributed by atoms with Crippen LogP contribution in [0.1, 0.15) is 49.1 Å². The van der Waals surface area contributed by atoms with Crippen LogP contribution in [0.15, 0.2) is 48.7 Å². The van der Waals surface area contributed by atoms with E-state index < -0.39 is 0 Å². The molecule has 1 saturated carbocycles. The predicted molar refractivity (Wildman–Crippen MR) is 128 cm³/mol. The molecular formula is C25H24N4O3S. The zero-order valence-electron chi connectivity index (χ0n) is 18.3. The zero-order valence-corrected chi connectivity index (χ0v) is 19.1. The second kappa shape index (κ2) is 8.19. The number of nitrogens with one attached hydrogen (secondary N) is 1. The molecule has 0 saturated heterocycles. The molecular weight excluding hydrogens is 436 g/mol. The van der Waals surface area contributed by atoms with E-state index >= 15 is 0 Å². The smallest absolute Gasteiger partial charge is 0.226 e. The first-order chi connectivity index (χ1) is 16.2. The number of aromatic nitrogens is 3. The Hall–Kier alpha value is -3.39. The van der Waals surface area contributed by atoms with Gasteiger partial charge in [0.1, 0.15) is 5.82 Å². The Morgan fingerprint density at radius 2 is 1.97 bits per heavy atom. The fourth-order valence-electron chi connectivity index (χ4n) is 4.80. The molecule has 0 radical (unpaired) electrons. The molecule has 1 aliphatic heterocycles. The number of para-hydroxylation sites is 1. The summed E-state index contributed by atoms with van der Waals surface area (Å²) in [6.45, 7) is 0. The first kappa shape index (κ1) is 20.2. The minimum Gasteiger partial charge on any atom is -0.493 e. The van der Waals surface area contributed by atoms with E-state index in [9.17, 15) is 4.79 Å². The topological polar surface area (TPSA) is 78.3 Å². The van der Waals surface area contributed by atoms with Crippen LogP contribution in [-0.2, 0) is 4.79 Å². The number of hydrogen-bond acceptors (Lipinski definition) is 6. The number of thiazole rings is 1. The molecule has 1 fully saturated rings. The predicted octanol–water partition coefficient (Wildman–Crippen LogP) is 5.29. The molecule has 8 heteroatoms. The molecule has 2 aromatic heterocycles. The summed E-state index contributed by atoms with van der Waals surface area (Å²) in [6, 6.07) is 14.0. The average molecular weight is 461 g/mol. The van der Waals surface area contributed by atoms with Gasteiger partial charge in [-0.15, -0.1) is 0 Å². The molecule has 1 atom stereocenters. The van der Waals surface area contributed by atoms with E-state index in [1.54, 1.807) is 23.1 Å². The zero-order chi connectivity index (χ0) is 22.4. The summed E-state index contributed by atoms with van der Waals surface area (Å²) >= 11 is 1.55. The third-order valence-corrected chi connectivity index (χ3v) is 7.48. The first-order valence-electron chi connectivity index (χ1n) is 11.3. The van der Waals surface area contributed by atoms with Crippen molar-refractivity contribution in [2.75, 3.05) is 12.4 Å². The van der Waals surface area contributed by atoms with Gasteiger partial charge in [-0.05, 0) is 55.5 Å². The first-order valence-corrected chi connectivity index (χ1v) is 12.1. The molecule has 2 aliphatic rings. The van der Waals surface area contributed by atoms with Gasteiger partial charge in [-0.3, -0.25) is 4.79 Å². The van der Waals surface area contributed by atoms with E-state index in [4.69, 9.17) is 14.5 Å². The standard InChI is InChI=1S/C25H24N4O3S/c1-31-20-11-10-15(12-21(20)32-16-6-2-3-7-16)17-13-23(30)28-24-18(17)14-26-29(24)25-27-19-8-4-5-9-22(19)33-25/h4-5,8-12,14,16-17H,2-3,6-7,13H2,1H3,(H,28,30)/t17-/m0/s1. The van der Waals surface area contributed by atoms with Crippen molar-refractivity contribution in [2.45, 2.75) is 44.1 Å². The van der Waals surface area contributed by atoms with Crippen molar-refractivity contribution in [3.63, 3.8) is 0 Å². The van der Waals surface area contributed by atoms with Crippen LogP contribution in [0, 0.1) is 0 Å². The third kappa shape index (κ3) is 3.64. The lowest BCUT2D eigenvalue weighted by Gasteiger charge is -2.24. The summed E-state index contributed by atoms with van der Waals surface area (Å²) in [5.41, 5.74) is 2.92. The van der Waals surface area contributed by atoms with Crippen molar-refractivity contribution < 1.29 is 14.3 Å². The number of hydrogen-bond donors (Lipinski definition) is 1. The number of methoxy groups -OCH3 is 1. The summed E-state index contributed by atoms with van der Waals surface area (Å²) in [7, 11) is 1.66. The second-order valence-electron chi connectivity index (χ2n) is 8.56. The van der Waals surface area contributed by atoms with Crippen LogP contribution in [-0.4, -0.2) is 33.9 Å². The summed E-state index contributed by atoms with van der Waals surface area (Å²) in [5.74, 6) is 1.99. The lowest BCUT2D eigenvalue weighted by atomic mass is 9.87. The van der Waals surface area contributed by atoms with Crippen LogP contribution in [0.2, 0.25) is 0 Å². The fourth-order valence-corrected chi connectivity index (χ4v) is 5.73. The molecule has 1 amide bonds. The molecule has 33 heavy (non-hydrogen) atoms. The van der Waals surface area contributed by atoms with Crippen LogP contribution in [0.25, 0.3) is 15.3 Å². The van der Waals surface area contributed by atoms with Gasteiger partial charge in [0.2, 0.25) is 11.0 Å². The quantitative estimate of drug-likeness (QED) is 0.438. The Labute approximate surface area is 195 Å². The largest absolute Gasteiger partial charge is 0.493 e. The van der Waals surface area contributed by atoms with E-state index in [-0.39, 0.29) is 17.9 Å². The fraction of sp³-hybridized carbons (Fsp3) is 0.320. The van der Waals surface area contributed by atoms with Crippen molar-refractivity contribution in [1.29, 1.82) is 0 Å². The summed E-state index contributed by atoms with van der Waals surface area (Å²) in [5, 5.41) is 8.36. The number of ether oxygens (including phenoxy) is 2. The van der Waals surface area contributed by atoms with Crippen LogP contribution < -0.4 is 14.8 Å². The van der Waals surface area contributed by atoms with Crippen molar-refractivity contribution in [2.24, 2.45) is 0 Å². The summed E-state index contributed by atoms with van der Waals surface area (Å²) in [6.07, 6.45) is 6.95. The molecule has 0 spiro atoms. The number of carbonyl (C=O) groups excluding carboxylic acids is 1.